The molecule has 0 saturated heterocycles. The second-order valence-corrected chi connectivity index (χ2v) is 5.67. The van der Waals surface area contributed by atoms with E-state index >= 15 is 0 Å². The first-order chi connectivity index (χ1) is 11.6. The lowest BCUT2D eigenvalue weighted by Gasteiger charge is -2.16. The van der Waals surface area contributed by atoms with Crippen LogP contribution in [0.4, 0.5) is 4.39 Å². The lowest BCUT2D eigenvalue weighted by Crippen LogP contribution is -2.24. The standard InChI is InChI=1S/C18H18FN3O2/c1-22(10-12-7-8-17(24-2)13(19)9-12)11-16-18(23)21-15-6-4-3-5-14(15)20-16/h3-9H,10-11H2,1-2H3,(H,21,23). The van der Waals surface area contributed by atoms with E-state index in [1.165, 1.54) is 13.2 Å². The molecule has 0 saturated carbocycles. The van der Waals surface area contributed by atoms with Crippen molar-refractivity contribution in [3.8, 4) is 5.75 Å². The third-order valence-corrected chi connectivity index (χ3v) is 3.76. The normalized spacial score (nSPS) is 11.2. The molecule has 124 valence electrons. The van der Waals surface area contributed by atoms with Crippen LogP contribution < -0.4 is 10.3 Å². The van der Waals surface area contributed by atoms with Crippen molar-refractivity contribution in [2.45, 2.75) is 13.1 Å². The first kappa shape index (κ1) is 16.1. The van der Waals surface area contributed by atoms with Crippen LogP contribution in [-0.2, 0) is 13.1 Å². The van der Waals surface area contributed by atoms with E-state index in [0.29, 0.717) is 24.3 Å². The molecule has 0 amide bonds. The molecule has 2 aromatic carbocycles. The van der Waals surface area contributed by atoms with Crippen LogP contribution in [0.5, 0.6) is 5.75 Å². The Hall–Kier alpha value is -2.73. The van der Waals surface area contributed by atoms with Crippen LogP contribution in [0.2, 0.25) is 0 Å². The van der Waals surface area contributed by atoms with Crippen molar-refractivity contribution >= 4 is 11.0 Å². The number of hydrogen-bond donors (Lipinski definition) is 1. The lowest BCUT2D eigenvalue weighted by molar-refractivity contribution is 0.312. The number of methoxy groups -OCH3 is 1. The molecule has 3 aromatic rings. The highest BCUT2D eigenvalue weighted by Gasteiger charge is 2.10. The third kappa shape index (κ3) is 3.44. The third-order valence-electron chi connectivity index (χ3n) is 3.76. The van der Waals surface area contributed by atoms with Gasteiger partial charge in [0, 0.05) is 13.1 Å². The van der Waals surface area contributed by atoms with Gasteiger partial charge in [0.25, 0.3) is 5.56 Å². The van der Waals surface area contributed by atoms with Crippen LogP contribution in [0.25, 0.3) is 11.0 Å². The van der Waals surface area contributed by atoms with Crippen LogP contribution in [0.15, 0.2) is 47.3 Å². The van der Waals surface area contributed by atoms with Crippen LogP contribution >= 0.6 is 0 Å². The fraction of sp³-hybridized carbons (Fsp3) is 0.222. The predicted octanol–water partition coefficient (Wildman–Crippen LogP) is 2.70. The Balaban J connectivity index is 1.77. The Morgan fingerprint density at radius 1 is 1.21 bits per heavy atom. The number of halogens is 1. The van der Waals surface area contributed by atoms with Crippen molar-refractivity contribution in [2.75, 3.05) is 14.2 Å². The molecule has 6 heteroatoms. The molecular weight excluding hydrogens is 309 g/mol. The van der Waals surface area contributed by atoms with Crippen molar-refractivity contribution in [3.05, 3.63) is 69.9 Å². The number of para-hydroxylation sites is 2. The van der Waals surface area contributed by atoms with Crippen molar-refractivity contribution in [1.82, 2.24) is 14.9 Å². The predicted molar refractivity (Wildman–Crippen MR) is 90.5 cm³/mol. The largest absolute Gasteiger partial charge is 0.494 e. The average Bonchev–Trinajstić information content (AvgIpc) is 2.55. The topological polar surface area (TPSA) is 58.2 Å². The quantitative estimate of drug-likeness (QED) is 0.783. The Kier molecular flexibility index (Phi) is 4.57. The molecule has 0 fully saturated rings. The van der Waals surface area contributed by atoms with Crippen molar-refractivity contribution in [3.63, 3.8) is 0 Å². The zero-order chi connectivity index (χ0) is 17.1. The minimum absolute atomic E-state index is 0.207. The summed E-state index contributed by atoms with van der Waals surface area (Å²) in [7, 11) is 3.29. The Morgan fingerprint density at radius 3 is 2.75 bits per heavy atom. The number of fused-ring (bicyclic) bond motifs is 1. The summed E-state index contributed by atoms with van der Waals surface area (Å²) in [6, 6.07) is 12.2. The number of nitrogens with one attached hydrogen (secondary N) is 1. The molecule has 0 aliphatic rings. The second kappa shape index (κ2) is 6.80. The summed E-state index contributed by atoms with van der Waals surface area (Å²) >= 11 is 0. The molecule has 0 unspecified atom stereocenters. The first-order valence-electron chi connectivity index (χ1n) is 7.55. The van der Waals surface area contributed by atoms with E-state index in [0.717, 1.165) is 11.1 Å². The molecule has 3 rings (SSSR count). The Labute approximate surface area is 138 Å². The highest BCUT2D eigenvalue weighted by molar-refractivity contribution is 5.73. The minimum Gasteiger partial charge on any atom is -0.494 e. The summed E-state index contributed by atoms with van der Waals surface area (Å²) in [5.41, 5.74) is 2.49. The van der Waals surface area contributed by atoms with E-state index in [1.807, 2.05) is 36.2 Å². The minimum atomic E-state index is -0.398. The van der Waals surface area contributed by atoms with Crippen LogP contribution in [0.1, 0.15) is 11.3 Å². The number of nitrogens with zero attached hydrogens (tertiary/aromatic N) is 2. The number of benzene rings is 2. The summed E-state index contributed by atoms with van der Waals surface area (Å²) in [6.45, 7) is 0.864. The van der Waals surface area contributed by atoms with Gasteiger partial charge < -0.3 is 9.72 Å². The van der Waals surface area contributed by atoms with Gasteiger partial charge in [-0.2, -0.15) is 0 Å². The maximum Gasteiger partial charge on any atom is 0.271 e. The highest BCUT2D eigenvalue weighted by Crippen LogP contribution is 2.18. The van der Waals surface area contributed by atoms with Crippen LogP contribution in [-0.4, -0.2) is 29.0 Å². The van der Waals surface area contributed by atoms with Gasteiger partial charge in [-0.05, 0) is 36.9 Å². The van der Waals surface area contributed by atoms with Gasteiger partial charge >= 0.3 is 0 Å². The highest BCUT2D eigenvalue weighted by atomic mass is 19.1. The first-order valence-corrected chi connectivity index (χ1v) is 7.55. The fourth-order valence-electron chi connectivity index (χ4n) is 2.61. The SMILES string of the molecule is COc1ccc(CN(C)Cc2nc3ccccc3[nH]c2=O)cc1F. The molecule has 0 radical (unpaired) electrons. The number of H-pyrrole nitrogens is 1. The van der Waals surface area contributed by atoms with E-state index in [9.17, 15) is 9.18 Å². The zero-order valence-corrected chi connectivity index (χ0v) is 13.5. The Bertz CT molecular complexity index is 924. The summed E-state index contributed by atoms with van der Waals surface area (Å²) in [6.07, 6.45) is 0. The van der Waals surface area contributed by atoms with Gasteiger partial charge in [-0.3, -0.25) is 9.69 Å². The summed E-state index contributed by atoms with van der Waals surface area (Å²) < 4.78 is 18.7. The molecule has 24 heavy (non-hydrogen) atoms. The molecule has 0 atom stereocenters. The van der Waals surface area contributed by atoms with Crippen LogP contribution in [0, 0.1) is 5.82 Å². The summed E-state index contributed by atoms with van der Waals surface area (Å²) in [4.78, 5) is 21.3. The molecule has 0 aliphatic carbocycles. The monoisotopic (exact) mass is 327 g/mol. The van der Waals surface area contributed by atoms with Gasteiger partial charge in [-0.15, -0.1) is 0 Å². The van der Waals surface area contributed by atoms with Crippen molar-refractivity contribution < 1.29 is 9.13 Å². The fourth-order valence-corrected chi connectivity index (χ4v) is 2.61. The van der Waals surface area contributed by atoms with Crippen molar-refractivity contribution in [2.24, 2.45) is 0 Å². The van der Waals surface area contributed by atoms with Gasteiger partial charge in [0.1, 0.15) is 5.69 Å². The molecular formula is C18H18FN3O2. The maximum absolute atomic E-state index is 13.8. The average molecular weight is 327 g/mol. The van der Waals surface area contributed by atoms with Gasteiger partial charge in [0.15, 0.2) is 11.6 Å². The Morgan fingerprint density at radius 2 is 2.00 bits per heavy atom. The maximum atomic E-state index is 13.8. The van der Waals surface area contributed by atoms with E-state index in [1.54, 1.807) is 12.1 Å². The van der Waals surface area contributed by atoms with E-state index in [4.69, 9.17) is 4.74 Å². The molecule has 5 nitrogen and oxygen atoms in total. The van der Waals surface area contributed by atoms with Crippen molar-refractivity contribution in [1.29, 1.82) is 0 Å². The van der Waals surface area contributed by atoms with E-state index < -0.39 is 5.82 Å². The van der Waals surface area contributed by atoms with Crippen LogP contribution in [0.3, 0.4) is 0 Å². The van der Waals surface area contributed by atoms with Gasteiger partial charge in [0.2, 0.25) is 0 Å². The number of aromatic nitrogens is 2. The number of rotatable bonds is 5. The number of aromatic amines is 1. The second-order valence-electron chi connectivity index (χ2n) is 5.67. The summed E-state index contributed by atoms with van der Waals surface area (Å²) in [5, 5.41) is 0. The molecule has 1 heterocycles. The molecule has 0 bridgehead atoms. The smallest absolute Gasteiger partial charge is 0.271 e. The van der Waals surface area contributed by atoms with Gasteiger partial charge in [0.05, 0.1) is 18.1 Å². The molecule has 1 aromatic heterocycles. The van der Waals surface area contributed by atoms with Gasteiger partial charge in [-0.25, -0.2) is 9.37 Å². The molecule has 0 aliphatic heterocycles. The number of ether oxygens (including phenoxy) is 1. The van der Waals surface area contributed by atoms with Gasteiger partial charge in [-0.1, -0.05) is 18.2 Å². The van der Waals surface area contributed by atoms with E-state index in [-0.39, 0.29) is 11.3 Å². The lowest BCUT2D eigenvalue weighted by atomic mass is 10.2. The summed E-state index contributed by atoms with van der Waals surface area (Å²) in [5.74, 6) is -0.181. The zero-order valence-electron chi connectivity index (χ0n) is 13.5. The molecule has 0 spiro atoms. The molecule has 1 N–H and O–H groups in total. The van der Waals surface area contributed by atoms with E-state index in [2.05, 4.69) is 9.97 Å². The number of hydrogen-bond acceptors (Lipinski definition) is 4.